The van der Waals surface area contributed by atoms with Crippen molar-refractivity contribution in [2.45, 2.75) is 45.8 Å². The molecule has 0 radical (unpaired) electrons. The van der Waals surface area contributed by atoms with Gasteiger partial charge in [0.1, 0.15) is 11.5 Å². The lowest BCUT2D eigenvalue weighted by atomic mass is 9.78. The molecule has 3 rings (SSSR count). The number of carbonyl (C=O) groups excluding carboxylic acids is 2. The van der Waals surface area contributed by atoms with Gasteiger partial charge >= 0.3 is 0 Å². The van der Waals surface area contributed by atoms with Crippen molar-refractivity contribution in [2.75, 3.05) is 13.2 Å². The molecular formula is C24H30N2O4. The largest absolute Gasteiger partial charge is 0.493 e. The third-order valence-electron chi connectivity index (χ3n) is 5.33. The quantitative estimate of drug-likeness (QED) is 0.731. The van der Waals surface area contributed by atoms with Crippen molar-refractivity contribution in [3.63, 3.8) is 0 Å². The summed E-state index contributed by atoms with van der Waals surface area (Å²) >= 11 is 0. The molecule has 1 atom stereocenters. The van der Waals surface area contributed by atoms with Gasteiger partial charge in [-0.05, 0) is 49.6 Å². The molecule has 0 bridgehead atoms. The molecular weight excluding hydrogens is 380 g/mol. The number of nitrogens with two attached hydrogens (primary N) is 1. The fourth-order valence-corrected chi connectivity index (χ4v) is 3.42. The fraction of sp³-hybridized carbons (Fsp3) is 0.417. The van der Waals surface area contributed by atoms with E-state index in [1.54, 1.807) is 18.2 Å². The molecule has 0 spiro atoms. The Bertz CT molecular complexity index is 919. The average Bonchev–Trinajstić information content (AvgIpc) is 2.93. The van der Waals surface area contributed by atoms with Gasteiger partial charge < -0.3 is 20.5 Å². The van der Waals surface area contributed by atoms with Gasteiger partial charge in [0.2, 0.25) is 5.91 Å². The van der Waals surface area contributed by atoms with E-state index in [1.165, 1.54) is 0 Å². The molecule has 0 fully saturated rings. The van der Waals surface area contributed by atoms with Gasteiger partial charge in [0.05, 0.1) is 12.0 Å². The summed E-state index contributed by atoms with van der Waals surface area (Å²) in [5, 5.41) is 3.26. The van der Waals surface area contributed by atoms with Crippen LogP contribution in [0.1, 0.15) is 49.2 Å². The number of fused-ring (bicyclic) bond motifs is 1. The number of hydrogen-bond acceptors (Lipinski definition) is 5. The second-order valence-electron chi connectivity index (χ2n) is 8.64. The predicted octanol–water partition coefficient (Wildman–Crippen LogP) is 3.22. The summed E-state index contributed by atoms with van der Waals surface area (Å²) in [5.41, 5.74) is 6.77. The van der Waals surface area contributed by atoms with E-state index in [0.29, 0.717) is 36.9 Å². The molecule has 2 aromatic carbocycles. The van der Waals surface area contributed by atoms with Gasteiger partial charge in [-0.3, -0.25) is 9.59 Å². The number of benzene rings is 2. The second kappa shape index (κ2) is 8.88. The summed E-state index contributed by atoms with van der Waals surface area (Å²) in [7, 11) is 0. The Labute approximate surface area is 177 Å². The molecule has 0 aliphatic carbocycles. The van der Waals surface area contributed by atoms with E-state index in [2.05, 4.69) is 19.2 Å². The number of amides is 1. The van der Waals surface area contributed by atoms with E-state index in [-0.39, 0.29) is 5.78 Å². The van der Waals surface area contributed by atoms with Crippen LogP contribution in [0.5, 0.6) is 11.5 Å². The summed E-state index contributed by atoms with van der Waals surface area (Å²) < 4.78 is 11.8. The van der Waals surface area contributed by atoms with Crippen molar-refractivity contribution in [3.8, 4) is 11.5 Å². The Morgan fingerprint density at radius 3 is 2.53 bits per heavy atom. The summed E-state index contributed by atoms with van der Waals surface area (Å²) in [4.78, 5) is 24.9. The average molecular weight is 411 g/mol. The van der Waals surface area contributed by atoms with Gasteiger partial charge in [0.15, 0.2) is 11.9 Å². The van der Waals surface area contributed by atoms with Gasteiger partial charge in [0.25, 0.3) is 0 Å². The maximum Gasteiger partial charge on any atom is 0.248 e. The van der Waals surface area contributed by atoms with E-state index in [4.69, 9.17) is 15.2 Å². The van der Waals surface area contributed by atoms with Crippen molar-refractivity contribution in [1.29, 1.82) is 0 Å². The summed E-state index contributed by atoms with van der Waals surface area (Å²) in [6.45, 7) is 9.58. The molecule has 0 saturated heterocycles. The van der Waals surface area contributed by atoms with Crippen molar-refractivity contribution in [3.05, 3.63) is 59.2 Å². The van der Waals surface area contributed by atoms with E-state index in [1.807, 2.05) is 38.1 Å². The van der Waals surface area contributed by atoms with Gasteiger partial charge in [-0.15, -0.1) is 0 Å². The monoisotopic (exact) mass is 410 g/mol. The first-order valence-electron chi connectivity index (χ1n) is 10.3. The molecule has 2 aromatic rings. The third kappa shape index (κ3) is 4.82. The van der Waals surface area contributed by atoms with Crippen LogP contribution in [0.2, 0.25) is 0 Å². The zero-order valence-electron chi connectivity index (χ0n) is 18.0. The van der Waals surface area contributed by atoms with Gasteiger partial charge in [-0.1, -0.05) is 32.0 Å². The van der Waals surface area contributed by atoms with E-state index in [9.17, 15) is 9.59 Å². The Hall–Kier alpha value is -2.86. The highest BCUT2D eigenvalue weighted by Gasteiger charge is 2.37. The van der Waals surface area contributed by atoms with E-state index >= 15 is 0 Å². The number of primary amides is 1. The molecule has 3 N–H and O–H groups in total. The number of carbonyl (C=O) groups is 2. The normalized spacial score (nSPS) is 16.4. The fourth-order valence-electron chi connectivity index (χ4n) is 3.42. The van der Waals surface area contributed by atoms with Crippen molar-refractivity contribution < 1.29 is 19.1 Å². The van der Waals surface area contributed by atoms with Crippen molar-refractivity contribution in [2.24, 2.45) is 11.7 Å². The van der Waals surface area contributed by atoms with E-state index in [0.717, 1.165) is 16.9 Å². The summed E-state index contributed by atoms with van der Waals surface area (Å²) in [6.07, 6.45) is -0.679. The number of ketones is 1. The lowest BCUT2D eigenvalue weighted by Gasteiger charge is -2.28. The van der Waals surface area contributed by atoms with Crippen LogP contribution >= 0.6 is 0 Å². The smallest absolute Gasteiger partial charge is 0.248 e. The molecule has 30 heavy (non-hydrogen) atoms. The predicted molar refractivity (Wildman–Crippen MR) is 116 cm³/mol. The van der Waals surface area contributed by atoms with Crippen LogP contribution in [0.15, 0.2) is 42.5 Å². The Kier molecular flexibility index (Phi) is 6.46. The van der Waals surface area contributed by atoms with E-state index < -0.39 is 17.4 Å². The third-order valence-corrected chi connectivity index (χ3v) is 5.33. The highest BCUT2D eigenvalue weighted by atomic mass is 16.5. The van der Waals surface area contributed by atoms with Crippen LogP contribution < -0.4 is 20.5 Å². The molecule has 6 heteroatoms. The lowest BCUT2D eigenvalue weighted by molar-refractivity contribution is -0.130. The van der Waals surface area contributed by atoms with Crippen LogP contribution in [-0.2, 0) is 16.8 Å². The van der Waals surface area contributed by atoms with Crippen molar-refractivity contribution >= 4 is 11.7 Å². The number of nitrogens with one attached hydrogen (secondary N) is 1. The first kappa shape index (κ1) is 21.8. The number of Topliss-reactive ketones (excluding diaryl/α,β-unsaturated/α-hetero) is 1. The number of rotatable bonds is 7. The topological polar surface area (TPSA) is 90.6 Å². The highest BCUT2D eigenvalue weighted by Crippen LogP contribution is 2.31. The lowest BCUT2D eigenvalue weighted by Crippen LogP contribution is -2.45. The molecule has 1 aliphatic rings. The molecule has 1 amide bonds. The Morgan fingerprint density at radius 1 is 1.20 bits per heavy atom. The Morgan fingerprint density at radius 2 is 1.90 bits per heavy atom. The zero-order chi connectivity index (χ0) is 21.9. The molecule has 6 nitrogen and oxygen atoms in total. The molecule has 1 heterocycles. The second-order valence-corrected chi connectivity index (χ2v) is 8.64. The van der Waals surface area contributed by atoms with Crippen molar-refractivity contribution in [1.82, 2.24) is 5.32 Å². The maximum absolute atomic E-state index is 13.4. The highest BCUT2D eigenvalue weighted by molar-refractivity contribution is 5.94. The minimum Gasteiger partial charge on any atom is -0.493 e. The van der Waals surface area contributed by atoms with Crippen LogP contribution in [0, 0.1) is 5.92 Å². The van der Waals surface area contributed by atoms with Crippen LogP contribution in [0.4, 0.5) is 0 Å². The number of hydrogen-bond donors (Lipinski definition) is 2. The van der Waals surface area contributed by atoms with Gasteiger partial charge in [-0.25, -0.2) is 0 Å². The first-order chi connectivity index (χ1) is 14.2. The van der Waals surface area contributed by atoms with Crippen LogP contribution in [0.25, 0.3) is 0 Å². The summed E-state index contributed by atoms with van der Waals surface area (Å²) in [5.74, 6) is 1.18. The van der Waals surface area contributed by atoms with Gasteiger partial charge in [0, 0.05) is 24.2 Å². The Balaban J connectivity index is 1.78. The summed E-state index contributed by atoms with van der Waals surface area (Å²) in [6, 6.07) is 12.7. The number of ether oxygens (including phenoxy) is 2. The minimum absolute atomic E-state index is 0.0387. The molecule has 0 aromatic heterocycles. The maximum atomic E-state index is 13.4. The molecule has 1 unspecified atom stereocenters. The standard InChI is InChI=1S/C24H30N2O4/c1-15(2)14-29-19-9-7-18(8-10-19)24(3,4)22(27)21-13-26-12-17-6-5-16(23(25)28)11-20(17)30-21/h5-11,15,21,26H,12-14H2,1-4H3,(H2,25,28). The molecule has 1 aliphatic heterocycles. The van der Waals surface area contributed by atoms with Gasteiger partial charge in [-0.2, -0.15) is 0 Å². The SMILES string of the molecule is CC(C)COc1ccc(C(C)(C)C(=O)C2CNCc3ccc(C(N)=O)cc3O2)cc1. The zero-order valence-corrected chi connectivity index (χ0v) is 18.0. The van der Waals surface area contributed by atoms with Crippen LogP contribution in [-0.4, -0.2) is 30.9 Å². The molecule has 160 valence electrons. The van der Waals surface area contributed by atoms with Crippen LogP contribution in [0.3, 0.4) is 0 Å². The minimum atomic E-state index is -0.755. The first-order valence-corrected chi connectivity index (χ1v) is 10.3. The molecule has 0 saturated carbocycles.